The van der Waals surface area contributed by atoms with Gasteiger partial charge in [0.2, 0.25) is 5.91 Å². The van der Waals surface area contributed by atoms with Crippen LogP contribution in [0.2, 0.25) is 0 Å². The fourth-order valence-electron chi connectivity index (χ4n) is 4.71. The molecular formula is C28H28N2O3. The van der Waals surface area contributed by atoms with Gasteiger partial charge in [-0.15, -0.1) is 0 Å². The lowest BCUT2D eigenvalue weighted by Gasteiger charge is -2.29. The minimum absolute atomic E-state index is 0.0258. The second-order valence-electron chi connectivity index (χ2n) is 9.78. The van der Waals surface area contributed by atoms with Crippen molar-refractivity contribution >= 4 is 17.5 Å². The van der Waals surface area contributed by atoms with E-state index in [9.17, 15) is 9.59 Å². The molecule has 0 aliphatic carbocycles. The second-order valence-corrected chi connectivity index (χ2v) is 9.78. The number of carbonyl (C=O) groups is 2. The second kappa shape index (κ2) is 8.16. The molecule has 0 saturated carbocycles. The van der Waals surface area contributed by atoms with Crippen molar-refractivity contribution in [3.63, 3.8) is 0 Å². The molecule has 0 bridgehead atoms. The lowest BCUT2D eigenvalue weighted by Crippen LogP contribution is -2.37. The van der Waals surface area contributed by atoms with Crippen molar-refractivity contribution in [2.75, 3.05) is 5.06 Å². The Balaban J connectivity index is 1.52. The Kier molecular flexibility index (Phi) is 5.29. The molecule has 2 aliphatic heterocycles. The Labute approximate surface area is 194 Å². The first-order chi connectivity index (χ1) is 15.8. The van der Waals surface area contributed by atoms with Gasteiger partial charge in [0, 0.05) is 0 Å². The Morgan fingerprint density at radius 3 is 2.00 bits per heavy atom. The molecule has 2 saturated heterocycles. The van der Waals surface area contributed by atoms with Gasteiger partial charge in [-0.2, -0.15) is 0 Å². The highest BCUT2D eigenvalue weighted by molar-refractivity contribution is 6.07. The number of fused-ring (bicyclic) bond motifs is 1. The molecule has 0 aromatic heterocycles. The number of carbonyl (C=O) groups excluding carboxylic acids is 2. The van der Waals surface area contributed by atoms with Crippen molar-refractivity contribution in [1.82, 2.24) is 4.90 Å². The molecule has 5 heteroatoms. The van der Waals surface area contributed by atoms with Crippen LogP contribution < -0.4 is 5.06 Å². The standard InChI is InChI=1S/C28H28N2O3/c1-28(2,3)21-16-14-20(15-17-21)24-23-25(33-30(24)22-12-8-5-9-13-22)27(32)29(26(23)31)18-19-10-6-4-7-11-19/h4-17,23-25H,18H2,1-3H3/t23-,24-,25-/m1/s1. The van der Waals surface area contributed by atoms with Crippen LogP contribution in [0.3, 0.4) is 0 Å². The van der Waals surface area contributed by atoms with E-state index in [1.165, 1.54) is 10.5 Å². The van der Waals surface area contributed by atoms with E-state index >= 15 is 0 Å². The average molecular weight is 441 g/mol. The number of hydroxylamine groups is 1. The molecule has 33 heavy (non-hydrogen) atoms. The highest BCUT2D eigenvalue weighted by Crippen LogP contribution is 2.47. The lowest BCUT2D eigenvalue weighted by molar-refractivity contribution is -0.143. The van der Waals surface area contributed by atoms with Gasteiger partial charge in [-0.25, -0.2) is 5.06 Å². The zero-order chi connectivity index (χ0) is 23.2. The van der Waals surface area contributed by atoms with Crippen LogP contribution in [0.25, 0.3) is 0 Å². The molecule has 0 N–H and O–H groups in total. The van der Waals surface area contributed by atoms with Gasteiger partial charge in [-0.3, -0.25) is 19.3 Å². The molecule has 3 atom stereocenters. The lowest BCUT2D eigenvalue weighted by atomic mass is 9.84. The average Bonchev–Trinajstić information content (AvgIpc) is 3.32. The van der Waals surface area contributed by atoms with Gasteiger partial charge in [-0.1, -0.05) is 93.6 Å². The summed E-state index contributed by atoms with van der Waals surface area (Å²) in [5.74, 6) is -1.05. The van der Waals surface area contributed by atoms with Crippen LogP contribution >= 0.6 is 0 Å². The number of amides is 2. The largest absolute Gasteiger partial charge is 0.275 e. The van der Waals surface area contributed by atoms with Crippen molar-refractivity contribution in [2.45, 2.75) is 44.9 Å². The molecular weight excluding hydrogens is 412 g/mol. The number of rotatable bonds is 4. The number of hydrogen-bond acceptors (Lipinski definition) is 4. The summed E-state index contributed by atoms with van der Waals surface area (Å²) in [7, 11) is 0. The highest BCUT2D eigenvalue weighted by atomic mass is 16.7. The topological polar surface area (TPSA) is 49.9 Å². The van der Waals surface area contributed by atoms with E-state index in [0.29, 0.717) is 0 Å². The molecule has 2 heterocycles. The molecule has 5 rings (SSSR count). The van der Waals surface area contributed by atoms with E-state index in [1.54, 1.807) is 5.06 Å². The van der Waals surface area contributed by atoms with Gasteiger partial charge in [0.1, 0.15) is 5.92 Å². The molecule has 0 spiro atoms. The molecule has 0 unspecified atom stereocenters. The van der Waals surface area contributed by atoms with E-state index in [0.717, 1.165) is 16.8 Å². The molecule has 5 nitrogen and oxygen atoms in total. The number of imide groups is 1. The smallest absolute Gasteiger partial charge is 0.262 e. The summed E-state index contributed by atoms with van der Waals surface area (Å²) in [6, 6.07) is 27.2. The van der Waals surface area contributed by atoms with Crippen LogP contribution in [-0.4, -0.2) is 22.8 Å². The number of benzene rings is 3. The minimum atomic E-state index is -0.825. The quantitative estimate of drug-likeness (QED) is 0.534. The fraction of sp³-hybridized carbons (Fsp3) is 0.286. The maximum Gasteiger partial charge on any atom is 0.262 e. The normalized spacial score (nSPS) is 22.7. The van der Waals surface area contributed by atoms with Gasteiger partial charge in [-0.05, 0) is 34.2 Å². The van der Waals surface area contributed by atoms with E-state index in [2.05, 4.69) is 45.0 Å². The molecule has 3 aromatic carbocycles. The summed E-state index contributed by atoms with van der Waals surface area (Å²) < 4.78 is 0. The summed E-state index contributed by atoms with van der Waals surface area (Å²) in [6.45, 7) is 6.78. The Hall–Kier alpha value is -3.44. The molecule has 2 fully saturated rings. The van der Waals surface area contributed by atoms with Gasteiger partial charge >= 0.3 is 0 Å². The number of nitrogens with zero attached hydrogens (tertiary/aromatic N) is 2. The van der Waals surface area contributed by atoms with Crippen molar-refractivity contribution in [2.24, 2.45) is 5.92 Å². The SMILES string of the molecule is CC(C)(C)c1ccc([C@@H]2[C@H]3C(=O)N(Cc4ccccc4)C(=O)[C@@H]3ON2c2ccccc2)cc1. The van der Waals surface area contributed by atoms with Gasteiger partial charge in [0.05, 0.1) is 18.3 Å². The molecule has 2 aliphatic rings. The van der Waals surface area contributed by atoms with E-state index < -0.39 is 12.0 Å². The Bertz CT molecular complexity index is 1150. The van der Waals surface area contributed by atoms with Crippen LogP contribution in [0, 0.1) is 5.92 Å². The summed E-state index contributed by atoms with van der Waals surface area (Å²) >= 11 is 0. The zero-order valence-electron chi connectivity index (χ0n) is 19.1. The third kappa shape index (κ3) is 3.83. The van der Waals surface area contributed by atoms with E-state index in [1.807, 2.05) is 60.7 Å². The first kappa shape index (κ1) is 21.4. The van der Waals surface area contributed by atoms with Crippen molar-refractivity contribution in [3.05, 3.63) is 102 Å². The molecule has 3 aromatic rings. The van der Waals surface area contributed by atoms with Crippen molar-refractivity contribution in [1.29, 1.82) is 0 Å². The molecule has 2 amide bonds. The fourth-order valence-corrected chi connectivity index (χ4v) is 4.71. The monoisotopic (exact) mass is 440 g/mol. The Morgan fingerprint density at radius 1 is 0.788 bits per heavy atom. The third-order valence-corrected chi connectivity index (χ3v) is 6.52. The maximum absolute atomic E-state index is 13.6. The Morgan fingerprint density at radius 2 is 1.39 bits per heavy atom. The van der Waals surface area contributed by atoms with E-state index in [-0.39, 0.29) is 29.8 Å². The first-order valence-corrected chi connectivity index (χ1v) is 11.4. The van der Waals surface area contributed by atoms with Crippen LogP contribution in [-0.2, 0) is 26.4 Å². The van der Waals surface area contributed by atoms with E-state index in [4.69, 9.17) is 4.84 Å². The van der Waals surface area contributed by atoms with Gasteiger partial charge in [0.15, 0.2) is 6.10 Å². The summed E-state index contributed by atoms with van der Waals surface area (Å²) in [4.78, 5) is 34.4. The number of anilines is 1. The molecule has 0 radical (unpaired) electrons. The molecule has 168 valence electrons. The van der Waals surface area contributed by atoms with Crippen molar-refractivity contribution < 1.29 is 14.4 Å². The maximum atomic E-state index is 13.6. The van der Waals surface area contributed by atoms with Crippen LogP contribution in [0.1, 0.15) is 43.5 Å². The van der Waals surface area contributed by atoms with Gasteiger partial charge in [0.25, 0.3) is 5.91 Å². The van der Waals surface area contributed by atoms with Crippen LogP contribution in [0.4, 0.5) is 5.69 Å². The van der Waals surface area contributed by atoms with Crippen LogP contribution in [0.15, 0.2) is 84.9 Å². The summed E-state index contributed by atoms with van der Waals surface area (Å²) in [5.41, 5.74) is 3.95. The third-order valence-electron chi connectivity index (χ3n) is 6.52. The number of likely N-dealkylation sites (tertiary alicyclic amines) is 1. The highest BCUT2D eigenvalue weighted by Gasteiger charge is 2.59. The predicted molar refractivity (Wildman–Crippen MR) is 127 cm³/mol. The minimum Gasteiger partial charge on any atom is -0.275 e. The van der Waals surface area contributed by atoms with Crippen molar-refractivity contribution in [3.8, 4) is 0 Å². The predicted octanol–water partition coefficient (Wildman–Crippen LogP) is 5.03. The summed E-state index contributed by atoms with van der Waals surface area (Å²) in [6.07, 6.45) is -0.825. The van der Waals surface area contributed by atoms with Crippen LogP contribution in [0.5, 0.6) is 0 Å². The first-order valence-electron chi connectivity index (χ1n) is 11.4. The number of para-hydroxylation sites is 1. The number of hydrogen-bond donors (Lipinski definition) is 0. The van der Waals surface area contributed by atoms with Gasteiger partial charge < -0.3 is 0 Å². The zero-order valence-corrected chi connectivity index (χ0v) is 19.1. The summed E-state index contributed by atoms with van der Waals surface area (Å²) in [5, 5.41) is 1.75.